The molecule has 4 aromatic rings. The van der Waals surface area contributed by atoms with Gasteiger partial charge in [-0.15, -0.1) is 0 Å². The molecule has 1 fully saturated rings. The van der Waals surface area contributed by atoms with Crippen molar-refractivity contribution in [2.75, 3.05) is 11.9 Å². The van der Waals surface area contributed by atoms with Crippen molar-refractivity contribution in [3.63, 3.8) is 0 Å². The predicted octanol–water partition coefficient (Wildman–Crippen LogP) is 4.76. The van der Waals surface area contributed by atoms with E-state index >= 15 is 0 Å². The molecular formula is C28H28N6O2. The van der Waals surface area contributed by atoms with E-state index < -0.39 is 0 Å². The summed E-state index contributed by atoms with van der Waals surface area (Å²) in [4.78, 5) is 40.8. The van der Waals surface area contributed by atoms with E-state index in [0.717, 1.165) is 53.1 Å². The van der Waals surface area contributed by atoms with Crippen LogP contribution in [-0.2, 0) is 11.2 Å². The van der Waals surface area contributed by atoms with Crippen LogP contribution in [0, 0.1) is 6.92 Å². The molecule has 0 bridgehead atoms. The van der Waals surface area contributed by atoms with Gasteiger partial charge in [0.05, 0.1) is 22.9 Å². The molecule has 36 heavy (non-hydrogen) atoms. The molecule has 0 radical (unpaired) electrons. The monoisotopic (exact) mass is 480 g/mol. The maximum absolute atomic E-state index is 12.8. The van der Waals surface area contributed by atoms with Crippen molar-refractivity contribution >= 4 is 23.1 Å². The Morgan fingerprint density at radius 1 is 1.17 bits per heavy atom. The number of nitrogens with one attached hydrogen (secondary N) is 1. The Kier molecular flexibility index (Phi) is 6.33. The van der Waals surface area contributed by atoms with E-state index in [1.807, 2.05) is 46.7 Å². The summed E-state index contributed by atoms with van der Waals surface area (Å²) in [7, 11) is 0. The topological polar surface area (TPSA) is 92.5 Å². The Morgan fingerprint density at radius 2 is 1.97 bits per heavy atom. The van der Waals surface area contributed by atoms with Crippen molar-refractivity contribution in [1.82, 2.24) is 24.3 Å². The summed E-state index contributed by atoms with van der Waals surface area (Å²) in [5.41, 5.74) is 5.02. The van der Waals surface area contributed by atoms with Crippen molar-refractivity contribution in [1.29, 1.82) is 0 Å². The number of pyridine rings is 1. The van der Waals surface area contributed by atoms with Crippen LogP contribution < -0.4 is 5.32 Å². The van der Waals surface area contributed by atoms with Gasteiger partial charge in [-0.1, -0.05) is 25.6 Å². The summed E-state index contributed by atoms with van der Waals surface area (Å²) in [5, 5.41) is 2.87. The fourth-order valence-electron chi connectivity index (χ4n) is 4.80. The van der Waals surface area contributed by atoms with Crippen LogP contribution in [0.3, 0.4) is 0 Å². The van der Waals surface area contributed by atoms with Gasteiger partial charge in [-0.2, -0.15) is 0 Å². The number of anilines is 1. The fraction of sp³-hybridized carbons (Fsp3) is 0.250. The highest BCUT2D eigenvalue weighted by Crippen LogP contribution is 2.36. The molecule has 0 aliphatic carbocycles. The van der Waals surface area contributed by atoms with Gasteiger partial charge in [0.1, 0.15) is 11.6 Å². The van der Waals surface area contributed by atoms with E-state index in [2.05, 4.69) is 28.8 Å². The van der Waals surface area contributed by atoms with Gasteiger partial charge in [0.2, 0.25) is 5.91 Å². The molecule has 0 saturated carbocycles. The number of likely N-dealkylation sites (tertiary alicyclic amines) is 1. The van der Waals surface area contributed by atoms with Crippen molar-refractivity contribution in [2.24, 2.45) is 0 Å². The van der Waals surface area contributed by atoms with Crippen molar-refractivity contribution in [2.45, 2.75) is 39.2 Å². The van der Waals surface area contributed by atoms with Crippen molar-refractivity contribution < 1.29 is 9.59 Å². The summed E-state index contributed by atoms with van der Waals surface area (Å²) in [6.07, 6.45) is 9.33. The van der Waals surface area contributed by atoms with Crippen LogP contribution in [-0.4, -0.2) is 42.6 Å². The molecule has 5 rings (SSSR count). The third-order valence-corrected chi connectivity index (χ3v) is 6.67. The van der Waals surface area contributed by atoms with E-state index in [-0.39, 0.29) is 17.9 Å². The van der Waals surface area contributed by atoms with Crippen LogP contribution in [0.1, 0.15) is 53.2 Å². The first kappa shape index (κ1) is 23.4. The second kappa shape index (κ2) is 9.73. The van der Waals surface area contributed by atoms with Crippen LogP contribution in [0.2, 0.25) is 0 Å². The van der Waals surface area contributed by atoms with E-state index in [1.165, 1.54) is 6.08 Å². The van der Waals surface area contributed by atoms with Crippen LogP contribution in [0.15, 0.2) is 67.6 Å². The molecule has 1 N–H and O–H groups in total. The smallest absolute Gasteiger partial charge is 0.256 e. The maximum Gasteiger partial charge on any atom is 0.256 e. The normalized spacial score (nSPS) is 15.3. The van der Waals surface area contributed by atoms with Gasteiger partial charge in [0, 0.05) is 36.3 Å². The highest BCUT2D eigenvalue weighted by atomic mass is 16.2. The predicted molar refractivity (Wildman–Crippen MR) is 139 cm³/mol. The Labute approximate surface area is 209 Å². The number of carbonyl (C=O) groups is 2. The molecule has 1 aromatic carbocycles. The molecule has 2 amide bonds. The van der Waals surface area contributed by atoms with Crippen LogP contribution in [0.5, 0.6) is 0 Å². The molecule has 8 nitrogen and oxygen atoms in total. The number of hydrogen-bond acceptors (Lipinski definition) is 5. The van der Waals surface area contributed by atoms with Crippen LogP contribution in [0.25, 0.3) is 16.8 Å². The van der Waals surface area contributed by atoms with Crippen molar-refractivity contribution in [3.8, 4) is 11.3 Å². The summed E-state index contributed by atoms with van der Waals surface area (Å²) in [6, 6.07) is 11.0. The number of aryl methyl sites for hydroxylation is 2. The number of rotatable bonds is 6. The quantitative estimate of drug-likeness (QED) is 0.402. The third kappa shape index (κ3) is 4.26. The number of nitrogens with zero attached hydrogens (tertiary/aromatic N) is 5. The van der Waals surface area contributed by atoms with Gasteiger partial charge in [-0.3, -0.25) is 19.0 Å². The summed E-state index contributed by atoms with van der Waals surface area (Å²) < 4.78 is 2.03. The lowest BCUT2D eigenvalue weighted by molar-refractivity contribution is -0.127. The number of carbonyl (C=O) groups excluding carboxylic acids is 2. The van der Waals surface area contributed by atoms with Gasteiger partial charge in [0.25, 0.3) is 5.91 Å². The summed E-state index contributed by atoms with van der Waals surface area (Å²) in [6.45, 7) is 8.35. The number of hydrogen-bond donors (Lipinski definition) is 1. The highest BCUT2D eigenvalue weighted by molar-refractivity contribution is 6.04. The second-order valence-corrected chi connectivity index (χ2v) is 8.88. The lowest BCUT2D eigenvalue weighted by atomic mass is 10.1. The molecule has 0 unspecified atom stereocenters. The Balaban J connectivity index is 1.48. The largest absolute Gasteiger partial charge is 0.329 e. The first-order chi connectivity index (χ1) is 17.5. The maximum atomic E-state index is 12.8. The van der Waals surface area contributed by atoms with E-state index in [1.54, 1.807) is 24.5 Å². The minimum absolute atomic E-state index is 0.0871. The standard InChI is InChI=1S/C28H28N6O2/c1-4-19-12-13-30-23(17-19)31-28(36)21-10-8-20(9-11-21)25-26-18(3)29-14-16-34(26)27(32-25)22-7-6-15-33(22)24(35)5-2/h5,8-14,16-17,22H,2,4,6-7,15H2,1,3H3,(H,30,31,36)/t22-/m0/s1. The molecule has 1 saturated heterocycles. The highest BCUT2D eigenvalue weighted by Gasteiger charge is 2.33. The first-order valence-corrected chi connectivity index (χ1v) is 12.1. The zero-order chi connectivity index (χ0) is 25.2. The van der Waals surface area contributed by atoms with Gasteiger partial charge < -0.3 is 10.2 Å². The Bertz CT molecular complexity index is 1460. The van der Waals surface area contributed by atoms with E-state index in [0.29, 0.717) is 17.9 Å². The molecule has 1 aliphatic heterocycles. The molecule has 4 heterocycles. The average molecular weight is 481 g/mol. The van der Waals surface area contributed by atoms with Crippen LogP contribution in [0.4, 0.5) is 5.82 Å². The fourth-order valence-corrected chi connectivity index (χ4v) is 4.80. The number of benzene rings is 1. The summed E-state index contributed by atoms with van der Waals surface area (Å²) >= 11 is 0. The molecule has 0 spiro atoms. The number of fused-ring (bicyclic) bond motifs is 1. The minimum atomic E-state index is -0.222. The lowest BCUT2D eigenvalue weighted by Gasteiger charge is -2.22. The zero-order valence-corrected chi connectivity index (χ0v) is 20.4. The Hall–Kier alpha value is -4.33. The van der Waals surface area contributed by atoms with Gasteiger partial charge in [0.15, 0.2) is 0 Å². The van der Waals surface area contributed by atoms with Gasteiger partial charge in [-0.25, -0.2) is 9.97 Å². The molecule has 1 aliphatic rings. The average Bonchev–Trinajstić information content (AvgIpc) is 3.54. The molecule has 8 heteroatoms. The minimum Gasteiger partial charge on any atom is -0.329 e. The molecular weight excluding hydrogens is 452 g/mol. The molecule has 182 valence electrons. The van der Waals surface area contributed by atoms with E-state index in [4.69, 9.17) is 4.98 Å². The molecule has 1 atom stereocenters. The first-order valence-electron chi connectivity index (χ1n) is 12.1. The number of aromatic nitrogens is 4. The zero-order valence-electron chi connectivity index (χ0n) is 20.4. The van der Waals surface area contributed by atoms with Gasteiger partial charge >= 0.3 is 0 Å². The second-order valence-electron chi connectivity index (χ2n) is 8.88. The van der Waals surface area contributed by atoms with Crippen LogP contribution >= 0.6 is 0 Å². The SMILES string of the molecule is C=CC(=O)N1CCC[C@H]1c1nc(-c2ccc(C(=O)Nc3cc(CC)ccn3)cc2)c2c(C)nccn12. The summed E-state index contributed by atoms with van der Waals surface area (Å²) in [5.74, 6) is 1.03. The Morgan fingerprint density at radius 3 is 2.72 bits per heavy atom. The lowest BCUT2D eigenvalue weighted by Crippen LogP contribution is -2.29. The number of imidazole rings is 1. The third-order valence-electron chi connectivity index (χ3n) is 6.67. The van der Waals surface area contributed by atoms with Crippen molar-refractivity contribution in [3.05, 3.63) is 90.3 Å². The molecule has 3 aromatic heterocycles. The number of amides is 2. The van der Waals surface area contributed by atoms with E-state index in [9.17, 15) is 9.59 Å². The van der Waals surface area contributed by atoms with Gasteiger partial charge in [-0.05, 0) is 62.1 Å².